The quantitative estimate of drug-likeness (QED) is 0.495. The highest BCUT2D eigenvalue weighted by molar-refractivity contribution is 5.03. The van der Waals surface area contributed by atoms with Crippen molar-refractivity contribution in [2.75, 3.05) is 6.61 Å². The Balaban J connectivity index is 4.06. The van der Waals surface area contributed by atoms with Crippen molar-refractivity contribution in [3.8, 4) is 0 Å². The van der Waals surface area contributed by atoms with Crippen molar-refractivity contribution in [1.82, 2.24) is 0 Å². The molecule has 0 saturated carbocycles. The Labute approximate surface area is 114 Å². The number of hydrogen-bond donors (Lipinski definition) is 0. The zero-order valence-electron chi connectivity index (χ0n) is 12.9. The molecule has 1 heteroatoms. The van der Waals surface area contributed by atoms with E-state index >= 15 is 0 Å². The van der Waals surface area contributed by atoms with Gasteiger partial charge >= 0.3 is 0 Å². The van der Waals surface area contributed by atoms with E-state index < -0.39 is 0 Å². The highest BCUT2D eigenvalue weighted by Crippen LogP contribution is 2.20. The van der Waals surface area contributed by atoms with Crippen LogP contribution in [0.5, 0.6) is 0 Å². The van der Waals surface area contributed by atoms with Crippen LogP contribution in [0.15, 0.2) is 36.0 Å². The molecule has 0 saturated heterocycles. The third kappa shape index (κ3) is 8.30. The normalized spacial score (nSPS) is 15.1. The Hall–Kier alpha value is -0.820. The molecule has 0 spiro atoms. The number of hydrogen-bond acceptors (Lipinski definition) is 1. The molecule has 1 nitrogen and oxygen atoms in total. The van der Waals surface area contributed by atoms with Gasteiger partial charge in [0.2, 0.25) is 0 Å². The summed E-state index contributed by atoms with van der Waals surface area (Å²) in [7, 11) is 0. The molecule has 0 bridgehead atoms. The highest BCUT2D eigenvalue weighted by atomic mass is 16.5. The average molecular weight is 250 g/mol. The van der Waals surface area contributed by atoms with Crippen LogP contribution in [0.25, 0.3) is 0 Å². The van der Waals surface area contributed by atoms with Gasteiger partial charge in [-0.2, -0.15) is 0 Å². The van der Waals surface area contributed by atoms with Gasteiger partial charge in [-0.1, -0.05) is 29.4 Å². The first kappa shape index (κ1) is 17.2. The smallest absolute Gasteiger partial charge is 0.0834 e. The molecule has 0 aliphatic heterocycles. The van der Waals surface area contributed by atoms with Crippen LogP contribution in [-0.4, -0.2) is 12.2 Å². The predicted octanol–water partition coefficient (Wildman–Crippen LogP) is 5.44. The highest BCUT2D eigenvalue weighted by Gasteiger charge is 2.18. The van der Waals surface area contributed by atoms with E-state index in [1.165, 1.54) is 11.1 Å². The van der Waals surface area contributed by atoms with E-state index in [1.54, 1.807) is 0 Å². The molecule has 1 unspecified atom stereocenters. The molecule has 0 fully saturated rings. The molecular weight excluding hydrogens is 220 g/mol. The molecular formula is C17H30O. The first-order valence-corrected chi connectivity index (χ1v) is 7.00. The molecule has 18 heavy (non-hydrogen) atoms. The second kappa shape index (κ2) is 9.16. The summed E-state index contributed by atoms with van der Waals surface area (Å²) in [6.45, 7) is 15.3. The molecule has 1 atom stereocenters. The van der Waals surface area contributed by atoms with Gasteiger partial charge < -0.3 is 4.74 Å². The van der Waals surface area contributed by atoms with Crippen molar-refractivity contribution in [1.29, 1.82) is 0 Å². The van der Waals surface area contributed by atoms with Crippen LogP contribution in [0, 0.1) is 0 Å². The van der Waals surface area contributed by atoms with Gasteiger partial charge in [-0.05, 0) is 60.3 Å². The molecule has 0 N–H and O–H groups in total. The molecule has 104 valence electrons. The van der Waals surface area contributed by atoms with Gasteiger partial charge in [0.15, 0.2) is 0 Å². The van der Waals surface area contributed by atoms with Crippen LogP contribution in [0.4, 0.5) is 0 Å². The maximum Gasteiger partial charge on any atom is 0.0834 e. The fraction of sp³-hybridized carbons (Fsp3) is 0.647. The average Bonchev–Trinajstić information content (AvgIpc) is 2.29. The third-order valence-electron chi connectivity index (χ3n) is 3.13. The van der Waals surface area contributed by atoms with Gasteiger partial charge in [0, 0.05) is 6.61 Å². The lowest BCUT2D eigenvalue weighted by molar-refractivity contribution is 0.00841. The fourth-order valence-electron chi connectivity index (χ4n) is 1.86. The summed E-state index contributed by atoms with van der Waals surface area (Å²) in [6, 6.07) is 0. The number of rotatable bonds is 9. The second-order valence-corrected chi connectivity index (χ2v) is 5.36. The molecule has 0 heterocycles. The van der Waals surface area contributed by atoms with E-state index in [9.17, 15) is 0 Å². The topological polar surface area (TPSA) is 9.23 Å². The van der Waals surface area contributed by atoms with Gasteiger partial charge in [-0.25, -0.2) is 0 Å². The van der Waals surface area contributed by atoms with Crippen molar-refractivity contribution >= 4 is 0 Å². The Kier molecular flexibility index (Phi) is 8.74. The summed E-state index contributed by atoms with van der Waals surface area (Å²) >= 11 is 0. The van der Waals surface area contributed by atoms with Gasteiger partial charge in [0.05, 0.1) is 5.60 Å². The van der Waals surface area contributed by atoms with Gasteiger partial charge in [0.1, 0.15) is 0 Å². The minimum absolute atomic E-state index is 0.175. The van der Waals surface area contributed by atoms with E-state index in [2.05, 4.69) is 46.4 Å². The first-order chi connectivity index (χ1) is 8.43. The SMILES string of the molecule is C=CC(C)(CCC=C(C)CCC=C(C)C)OCC. The van der Waals surface area contributed by atoms with Crippen LogP contribution in [-0.2, 0) is 4.74 Å². The number of ether oxygens (including phenoxy) is 1. The fourth-order valence-corrected chi connectivity index (χ4v) is 1.86. The first-order valence-electron chi connectivity index (χ1n) is 7.00. The Morgan fingerprint density at radius 2 is 1.83 bits per heavy atom. The molecule has 0 aromatic carbocycles. The van der Waals surface area contributed by atoms with Crippen molar-refractivity contribution in [3.05, 3.63) is 36.0 Å². The molecule has 0 aliphatic carbocycles. The lowest BCUT2D eigenvalue weighted by Gasteiger charge is -2.25. The Bertz CT molecular complexity index is 295. The zero-order chi connectivity index (χ0) is 14.0. The van der Waals surface area contributed by atoms with E-state index in [0.29, 0.717) is 0 Å². The van der Waals surface area contributed by atoms with E-state index in [-0.39, 0.29) is 5.60 Å². The summed E-state index contributed by atoms with van der Waals surface area (Å²) < 4.78 is 5.72. The minimum atomic E-state index is -0.175. The third-order valence-corrected chi connectivity index (χ3v) is 3.13. The van der Waals surface area contributed by atoms with Crippen molar-refractivity contribution in [2.45, 2.75) is 65.9 Å². The monoisotopic (exact) mass is 250 g/mol. The molecule has 0 amide bonds. The van der Waals surface area contributed by atoms with Crippen LogP contribution in [0.1, 0.15) is 60.3 Å². The zero-order valence-corrected chi connectivity index (χ0v) is 12.9. The van der Waals surface area contributed by atoms with Crippen molar-refractivity contribution in [3.63, 3.8) is 0 Å². The maximum atomic E-state index is 5.72. The summed E-state index contributed by atoms with van der Waals surface area (Å²) in [5, 5.41) is 0. The van der Waals surface area contributed by atoms with Gasteiger partial charge in [-0.3, -0.25) is 0 Å². The Morgan fingerprint density at radius 3 is 2.33 bits per heavy atom. The summed E-state index contributed by atoms with van der Waals surface area (Å²) in [5.74, 6) is 0. The molecule has 0 rings (SSSR count). The standard InChI is InChI=1S/C17H30O/c1-7-17(6,18-8-2)14-10-13-16(5)12-9-11-15(3)4/h7,11,13H,1,8-10,12,14H2,2-6H3. The van der Waals surface area contributed by atoms with E-state index in [0.717, 1.165) is 32.3 Å². The summed E-state index contributed by atoms with van der Waals surface area (Å²) in [4.78, 5) is 0. The van der Waals surface area contributed by atoms with Crippen LogP contribution < -0.4 is 0 Å². The van der Waals surface area contributed by atoms with Crippen LogP contribution in [0.3, 0.4) is 0 Å². The van der Waals surface area contributed by atoms with Crippen LogP contribution >= 0.6 is 0 Å². The maximum absolute atomic E-state index is 5.72. The van der Waals surface area contributed by atoms with E-state index in [4.69, 9.17) is 4.74 Å². The number of allylic oxidation sites excluding steroid dienone is 4. The van der Waals surface area contributed by atoms with Crippen molar-refractivity contribution in [2.24, 2.45) is 0 Å². The predicted molar refractivity (Wildman–Crippen MR) is 81.9 cm³/mol. The molecule has 0 radical (unpaired) electrons. The molecule has 0 aromatic heterocycles. The van der Waals surface area contributed by atoms with Gasteiger partial charge in [0.25, 0.3) is 0 Å². The van der Waals surface area contributed by atoms with Gasteiger partial charge in [-0.15, -0.1) is 6.58 Å². The minimum Gasteiger partial charge on any atom is -0.372 e. The summed E-state index contributed by atoms with van der Waals surface area (Å²) in [6.07, 6.45) is 10.9. The van der Waals surface area contributed by atoms with Crippen molar-refractivity contribution < 1.29 is 4.74 Å². The summed E-state index contributed by atoms with van der Waals surface area (Å²) in [5.41, 5.74) is 2.69. The molecule has 0 aromatic rings. The molecule has 0 aliphatic rings. The second-order valence-electron chi connectivity index (χ2n) is 5.36. The Morgan fingerprint density at radius 1 is 1.17 bits per heavy atom. The largest absolute Gasteiger partial charge is 0.372 e. The lowest BCUT2D eigenvalue weighted by Crippen LogP contribution is -2.25. The lowest BCUT2D eigenvalue weighted by atomic mass is 9.98. The van der Waals surface area contributed by atoms with E-state index in [1.807, 2.05) is 13.0 Å². The van der Waals surface area contributed by atoms with Crippen LogP contribution in [0.2, 0.25) is 0 Å².